The van der Waals surface area contributed by atoms with Crippen LogP contribution >= 0.6 is 0 Å². The number of para-hydroxylation sites is 1. The van der Waals surface area contributed by atoms with Crippen molar-refractivity contribution in [1.29, 1.82) is 5.26 Å². The zero-order valence-corrected chi connectivity index (χ0v) is 10.7. The van der Waals surface area contributed by atoms with Gasteiger partial charge in [0, 0.05) is 6.07 Å². The second-order valence-corrected chi connectivity index (χ2v) is 4.17. The van der Waals surface area contributed by atoms with E-state index < -0.39 is 0 Å². The predicted molar refractivity (Wildman–Crippen MR) is 71.5 cm³/mol. The Morgan fingerprint density at radius 2 is 2.00 bits per heavy atom. The molecule has 2 aromatic carbocycles. The molecule has 0 saturated heterocycles. The van der Waals surface area contributed by atoms with Gasteiger partial charge in [-0.15, -0.1) is 0 Å². The lowest BCUT2D eigenvalue weighted by molar-refractivity contribution is 0.0775. The fourth-order valence-corrected chi connectivity index (χ4v) is 2.08. The van der Waals surface area contributed by atoms with Crippen molar-refractivity contribution in [3.05, 3.63) is 53.6 Å². The first-order valence-electron chi connectivity index (χ1n) is 5.94. The molecule has 5 nitrogen and oxygen atoms in total. The van der Waals surface area contributed by atoms with E-state index in [1.807, 2.05) is 6.07 Å². The number of fused-ring (bicyclic) bond motifs is 2. The van der Waals surface area contributed by atoms with Crippen LogP contribution in [0.4, 0.5) is 5.69 Å². The lowest BCUT2D eigenvalue weighted by atomic mass is 10.2. The Morgan fingerprint density at radius 3 is 2.75 bits per heavy atom. The molecule has 5 heteroatoms. The number of carbonyl (C=O) groups excluding carboxylic acids is 1. The van der Waals surface area contributed by atoms with Gasteiger partial charge in [0.1, 0.15) is 11.4 Å². The highest BCUT2D eigenvalue weighted by molar-refractivity contribution is 6.08. The molecule has 98 valence electrons. The van der Waals surface area contributed by atoms with E-state index in [4.69, 9.17) is 14.8 Å². The van der Waals surface area contributed by atoms with Crippen LogP contribution in [0.15, 0.2) is 42.5 Å². The molecule has 0 N–H and O–H groups in total. The van der Waals surface area contributed by atoms with Crippen molar-refractivity contribution in [3.63, 3.8) is 0 Å². The number of carbonyl (C=O) groups is 1. The summed E-state index contributed by atoms with van der Waals surface area (Å²) in [6.45, 7) is 0. The number of nitrogens with zero attached hydrogens (tertiary/aromatic N) is 2. The molecule has 0 unspecified atom stereocenters. The van der Waals surface area contributed by atoms with Crippen molar-refractivity contribution >= 4 is 11.6 Å². The van der Waals surface area contributed by atoms with Gasteiger partial charge in [0.05, 0.1) is 24.3 Å². The summed E-state index contributed by atoms with van der Waals surface area (Å²) in [6.07, 6.45) is 0. The quantitative estimate of drug-likeness (QED) is 0.796. The molecule has 3 rings (SSSR count). The van der Waals surface area contributed by atoms with Gasteiger partial charge >= 0.3 is 0 Å². The van der Waals surface area contributed by atoms with Crippen LogP contribution in [0.3, 0.4) is 0 Å². The Balaban J connectivity index is 2.23. The SMILES string of the molecule is CON1C(=O)c2ccccc2Oc2cc(C#N)ccc21. The summed E-state index contributed by atoms with van der Waals surface area (Å²) < 4.78 is 5.75. The van der Waals surface area contributed by atoms with E-state index in [-0.39, 0.29) is 5.91 Å². The number of benzene rings is 2. The van der Waals surface area contributed by atoms with Gasteiger partial charge in [-0.3, -0.25) is 9.63 Å². The van der Waals surface area contributed by atoms with Gasteiger partial charge in [-0.2, -0.15) is 10.3 Å². The van der Waals surface area contributed by atoms with E-state index in [0.29, 0.717) is 28.3 Å². The van der Waals surface area contributed by atoms with Crippen LogP contribution in [-0.4, -0.2) is 13.0 Å². The summed E-state index contributed by atoms with van der Waals surface area (Å²) in [6, 6.07) is 13.8. The fourth-order valence-electron chi connectivity index (χ4n) is 2.08. The molecular weight excluding hydrogens is 256 g/mol. The van der Waals surface area contributed by atoms with Gasteiger partial charge in [-0.25, -0.2) is 0 Å². The molecule has 0 atom stereocenters. The molecule has 1 heterocycles. The standard InChI is InChI=1S/C15H10N2O3/c1-19-17-12-7-6-10(9-16)8-14(12)20-13-5-3-2-4-11(13)15(17)18/h2-8H,1H3. The zero-order valence-electron chi connectivity index (χ0n) is 10.7. The third-order valence-corrected chi connectivity index (χ3v) is 3.01. The maximum atomic E-state index is 12.4. The molecule has 0 aromatic heterocycles. The van der Waals surface area contributed by atoms with Gasteiger partial charge in [0.2, 0.25) is 0 Å². The van der Waals surface area contributed by atoms with Crippen LogP contribution in [0.2, 0.25) is 0 Å². The lowest BCUT2D eigenvalue weighted by Gasteiger charge is -2.18. The van der Waals surface area contributed by atoms with Crippen molar-refractivity contribution in [2.45, 2.75) is 0 Å². The molecule has 1 amide bonds. The number of hydrogen-bond acceptors (Lipinski definition) is 4. The Bertz CT molecular complexity index is 734. The van der Waals surface area contributed by atoms with E-state index >= 15 is 0 Å². The third kappa shape index (κ3) is 1.79. The van der Waals surface area contributed by atoms with E-state index in [9.17, 15) is 4.79 Å². The van der Waals surface area contributed by atoms with E-state index in [1.54, 1.807) is 42.5 Å². The molecule has 0 fully saturated rings. The second-order valence-electron chi connectivity index (χ2n) is 4.17. The maximum Gasteiger partial charge on any atom is 0.286 e. The van der Waals surface area contributed by atoms with Crippen molar-refractivity contribution in [3.8, 4) is 17.6 Å². The fraction of sp³-hybridized carbons (Fsp3) is 0.0667. The number of amides is 1. The molecule has 0 aliphatic carbocycles. The topological polar surface area (TPSA) is 62.6 Å². The minimum atomic E-state index is -0.313. The minimum Gasteiger partial charge on any atom is -0.454 e. The summed E-state index contributed by atoms with van der Waals surface area (Å²) in [4.78, 5) is 17.6. The predicted octanol–water partition coefficient (Wildman–Crippen LogP) is 2.87. The van der Waals surface area contributed by atoms with Crippen molar-refractivity contribution < 1.29 is 14.4 Å². The van der Waals surface area contributed by atoms with Crippen LogP contribution in [-0.2, 0) is 4.84 Å². The van der Waals surface area contributed by atoms with Crippen LogP contribution < -0.4 is 9.80 Å². The molecule has 0 saturated carbocycles. The summed E-state index contributed by atoms with van der Waals surface area (Å²) in [5.41, 5.74) is 1.32. The molecule has 0 spiro atoms. The average molecular weight is 266 g/mol. The van der Waals surface area contributed by atoms with Crippen LogP contribution in [0.5, 0.6) is 11.5 Å². The van der Waals surface area contributed by atoms with Gasteiger partial charge in [-0.1, -0.05) is 12.1 Å². The minimum absolute atomic E-state index is 0.313. The van der Waals surface area contributed by atoms with Gasteiger partial charge in [0.15, 0.2) is 5.75 Å². The van der Waals surface area contributed by atoms with Crippen molar-refractivity contribution in [2.75, 3.05) is 12.2 Å². The van der Waals surface area contributed by atoms with Gasteiger partial charge in [0.25, 0.3) is 5.91 Å². The molecule has 1 aliphatic rings. The smallest absolute Gasteiger partial charge is 0.286 e. The van der Waals surface area contributed by atoms with Crippen LogP contribution in [0.1, 0.15) is 15.9 Å². The second kappa shape index (κ2) is 4.68. The summed E-state index contributed by atoms with van der Waals surface area (Å²) >= 11 is 0. The van der Waals surface area contributed by atoms with Crippen molar-refractivity contribution in [2.24, 2.45) is 0 Å². The Morgan fingerprint density at radius 1 is 1.20 bits per heavy atom. The van der Waals surface area contributed by atoms with E-state index in [0.717, 1.165) is 5.06 Å². The number of hydrogen-bond donors (Lipinski definition) is 0. The summed E-state index contributed by atoms with van der Waals surface area (Å²) in [5.74, 6) is 0.532. The molecule has 2 aromatic rings. The molecule has 0 bridgehead atoms. The average Bonchev–Trinajstić information content (AvgIpc) is 2.60. The number of rotatable bonds is 1. The first kappa shape index (κ1) is 12.2. The first-order valence-corrected chi connectivity index (χ1v) is 5.94. The first-order chi connectivity index (χ1) is 9.74. The van der Waals surface area contributed by atoms with Crippen molar-refractivity contribution in [1.82, 2.24) is 0 Å². The van der Waals surface area contributed by atoms with E-state index in [2.05, 4.69) is 0 Å². The maximum absolute atomic E-state index is 12.4. The molecule has 20 heavy (non-hydrogen) atoms. The highest BCUT2D eigenvalue weighted by Crippen LogP contribution is 2.39. The number of anilines is 1. The van der Waals surface area contributed by atoms with Gasteiger partial charge < -0.3 is 4.74 Å². The lowest BCUT2D eigenvalue weighted by Crippen LogP contribution is -2.28. The molecular formula is C15H10N2O3. The molecule has 0 radical (unpaired) electrons. The Kier molecular flexibility index (Phi) is 2.86. The third-order valence-electron chi connectivity index (χ3n) is 3.01. The van der Waals surface area contributed by atoms with Gasteiger partial charge in [-0.05, 0) is 24.3 Å². The van der Waals surface area contributed by atoms with E-state index in [1.165, 1.54) is 7.11 Å². The Hall–Kier alpha value is -2.84. The largest absolute Gasteiger partial charge is 0.454 e. The van der Waals surface area contributed by atoms with Crippen LogP contribution in [0, 0.1) is 11.3 Å². The Labute approximate surface area is 115 Å². The number of nitriles is 1. The highest BCUT2D eigenvalue weighted by atomic mass is 16.7. The number of hydroxylamine groups is 1. The highest BCUT2D eigenvalue weighted by Gasteiger charge is 2.28. The number of ether oxygens (including phenoxy) is 1. The zero-order chi connectivity index (χ0) is 14.1. The normalized spacial score (nSPS) is 12.8. The monoisotopic (exact) mass is 266 g/mol. The van der Waals surface area contributed by atoms with Crippen LogP contribution in [0.25, 0.3) is 0 Å². The summed E-state index contributed by atoms with van der Waals surface area (Å²) in [7, 11) is 1.41. The molecule has 1 aliphatic heterocycles. The summed E-state index contributed by atoms with van der Waals surface area (Å²) in [5, 5.41) is 10.1.